The van der Waals surface area contributed by atoms with Crippen LogP contribution in [0.1, 0.15) is 24.8 Å². The van der Waals surface area contributed by atoms with Gasteiger partial charge in [0, 0.05) is 22.9 Å². The lowest BCUT2D eigenvalue weighted by atomic mass is 10.2. The lowest BCUT2D eigenvalue weighted by molar-refractivity contribution is -0.121. The third kappa shape index (κ3) is 3.90. The molecule has 138 valence electrons. The molecule has 6 heteroatoms. The lowest BCUT2D eigenvalue weighted by Gasteiger charge is -2.15. The predicted octanol–water partition coefficient (Wildman–Crippen LogP) is 3.77. The Morgan fingerprint density at radius 1 is 1.04 bits per heavy atom. The average molecular weight is 380 g/mol. The molecule has 27 heavy (non-hydrogen) atoms. The summed E-state index contributed by atoms with van der Waals surface area (Å²) in [6, 6.07) is 14.8. The fourth-order valence-electron chi connectivity index (χ4n) is 3.03. The highest BCUT2D eigenvalue weighted by atomic mass is 32.2. The normalized spacial score (nSPS) is 19.4. The third-order valence-electron chi connectivity index (χ3n) is 4.75. The molecule has 2 fully saturated rings. The van der Waals surface area contributed by atoms with Crippen molar-refractivity contribution in [3.8, 4) is 0 Å². The van der Waals surface area contributed by atoms with Crippen LogP contribution in [0.5, 0.6) is 0 Å². The van der Waals surface area contributed by atoms with Gasteiger partial charge in [-0.15, -0.1) is 11.8 Å². The summed E-state index contributed by atoms with van der Waals surface area (Å²) in [6.07, 6.45) is 2.13. The number of hydrogen-bond acceptors (Lipinski definition) is 4. The maximum Gasteiger partial charge on any atom is 0.247 e. The molecule has 1 unspecified atom stereocenters. The van der Waals surface area contributed by atoms with E-state index in [1.54, 1.807) is 12.1 Å². The molecule has 1 aliphatic carbocycles. The molecule has 0 radical (unpaired) electrons. The molecule has 4 rings (SSSR count). The summed E-state index contributed by atoms with van der Waals surface area (Å²) in [5.41, 5.74) is 2.46. The van der Waals surface area contributed by atoms with Gasteiger partial charge in [0.25, 0.3) is 0 Å². The van der Waals surface area contributed by atoms with E-state index in [0.717, 1.165) is 29.0 Å². The van der Waals surface area contributed by atoms with Crippen molar-refractivity contribution < 1.29 is 14.4 Å². The first-order chi connectivity index (χ1) is 13.0. The second kappa shape index (κ2) is 7.19. The minimum absolute atomic E-state index is 0.0701. The number of nitrogens with one attached hydrogen (secondary N) is 1. The van der Waals surface area contributed by atoms with Crippen molar-refractivity contribution in [3.63, 3.8) is 0 Å². The van der Waals surface area contributed by atoms with Gasteiger partial charge in [-0.3, -0.25) is 14.4 Å². The third-order valence-corrected chi connectivity index (χ3v) is 5.94. The van der Waals surface area contributed by atoms with E-state index in [-0.39, 0.29) is 30.1 Å². The first-order valence-electron chi connectivity index (χ1n) is 9.02. The molecule has 1 saturated carbocycles. The Hall–Kier alpha value is -2.60. The summed E-state index contributed by atoms with van der Waals surface area (Å²) in [5, 5.41) is 2.47. The van der Waals surface area contributed by atoms with Crippen molar-refractivity contribution in [1.29, 1.82) is 0 Å². The Kier molecular flexibility index (Phi) is 4.74. The molecular weight excluding hydrogens is 360 g/mol. The van der Waals surface area contributed by atoms with Crippen molar-refractivity contribution in [2.75, 3.05) is 10.2 Å². The van der Waals surface area contributed by atoms with Crippen LogP contribution in [-0.4, -0.2) is 23.0 Å². The van der Waals surface area contributed by atoms with Crippen LogP contribution in [0.25, 0.3) is 0 Å². The van der Waals surface area contributed by atoms with Crippen molar-refractivity contribution in [2.45, 2.75) is 36.3 Å². The number of anilines is 2. The molecule has 0 spiro atoms. The van der Waals surface area contributed by atoms with Gasteiger partial charge < -0.3 is 5.32 Å². The smallest absolute Gasteiger partial charge is 0.247 e. The quantitative estimate of drug-likeness (QED) is 0.802. The van der Waals surface area contributed by atoms with E-state index in [2.05, 4.69) is 5.32 Å². The Bertz CT molecular complexity index is 889. The summed E-state index contributed by atoms with van der Waals surface area (Å²) in [5.74, 6) is -0.121. The second-order valence-electron chi connectivity index (χ2n) is 7.00. The highest BCUT2D eigenvalue weighted by molar-refractivity contribution is 8.00. The molecule has 1 heterocycles. The maximum atomic E-state index is 12.7. The molecule has 0 bridgehead atoms. The standard InChI is InChI=1S/C21H20N2O3S/c1-13-2-8-16(9-3-13)23-19(24)12-18(21(23)26)27-17-10-6-15(7-11-17)22-20(25)14-4-5-14/h2-3,6-11,14,18H,4-5,12H2,1H3,(H,22,25). The number of carbonyl (C=O) groups excluding carboxylic acids is 3. The van der Waals surface area contributed by atoms with Gasteiger partial charge in [-0.2, -0.15) is 0 Å². The second-order valence-corrected chi connectivity index (χ2v) is 8.28. The van der Waals surface area contributed by atoms with Gasteiger partial charge in [-0.1, -0.05) is 17.7 Å². The van der Waals surface area contributed by atoms with Gasteiger partial charge >= 0.3 is 0 Å². The van der Waals surface area contributed by atoms with Crippen LogP contribution in [0.15, 0.2) is 53.4 Å². The first kappa shape index (κ1) is 17.8. The molecule has 5 nitrogen and oxygen atoms in total. The zero-order valence-corrected chi connectivity index (χ0v) is 15.8. The molecule has 1 N–H and O–H groups in total. The van der Waals surface area contributed by atoms with E-state index in [0.29, 0.717) is 5.69 Å². The fraction of sp³-hybridized carbons (Fsp3) is 0.286. The topological polar surface area (TPSA) is 66.5 Å². The van der Waals surface area contributed by atoms with Crippen LogP contribution in [0.4, 0.5) is 11.4 Å². The van der Waals surface area contributed by atoms with Crippen LogP contribution >= 0.6 is 11.8 Å². The number of benzene rings is 2. The number of thioether (sulfide) groups is 1. The van der Waals surface area contributed by atoms with E-state index >= 15 is 0 Å². The van der Waals surface area contributed by atoms with Crippen LogP contribution in [0.2, 0.25) is 0 Å². The number of aryl methyl sites for hydroxylation is 1. The Morgan fingerprint density at radius 2 is 1.70 bits per heavy atom. The van der Waals surface area contributed by atoms with Crippen LogP contribution in [0.3, 0.4) is 0 Å². The summed E-state index contributed by atoms with van der Waals surface area (Å²) in [4.78, 5) is 39.1. The molecule has 2 aromatic rings. The molecule has 1 atom stereocenters. The van der Waals surface area contributed by atoms with Crippen LogP contribution < -0.4 is 10.2 Å². The van der Waals surface area contributed by atoms with Gasteiger partial charge in [0.05, 0.1) is 10.9 Å². The average Bonchev–Trinajstić information content (AvgIpc) is 3.46. The Morgan fingerprint density at radius 3 is 2.33 bits per heavy atom. The number of hydrogen-bond donors (Lipinski definition) is 1. The van der Waals surface area contributed by atoms with E-state index in [9.17, 15) is 14.4 Å². The lowest BCUT2D eigenvalue weighted by Crippen LogP contribution is -2.31. The number of imide groups is 1. The predicted molar refractivity (Wildman–Crippen MR) is 106 cm³/mol. The van der Waals surface area contributed by atoms with Crippen molar-refractivity contribution in [3.05, 3.63) is 54.1 Å². The maximum absolute atomic E-state index is 12.7. The van der Waals surface area contributed by atoms with E-state index < -0.39 is 5.25 Å². The Balaban J connectivity index is 1.42. The van der Waals surface area contributed by atoms with Gasteiger partial charge in [0.1, 0.15) is 0 Å². The molecule has 1 saturated heterocycles. The summed E-state index contributed by atoms with van der Waals surface area (Å²) in [6.45, 7) is 1.97. The van der Waals surface area contributed by atoms with Crippen LogP contribution in [0, 0.1) is 12.8 Å². The molecule has 2 aromatic carbocycles. The Labute approximate surface area is 162 Å². The number of rotatable bonds is 5. The number of nitrogens with zero attached hydrogens (tertiary/aromatic N) is 1. The van der Waals surface area contributed by atoms with Gasteiger partial charge in [0.15, 0.2) is 0 Å². The van der Waals surface area contributed by atoms with Gasteiger partial charge in [-0.05, 0) is 56.2 Å². The zero-order chi connectivity index (χ0) is 19.0. The van der Waals surface area contributed by atoms with Crippen molar-refractivity contribution in [2.24, 2.45) is 5.92 Å². The number of amides is 3. The molecule has 0 aromatic heterocycles. The number of carbonyl (C=O) groups is 3. The molecule has 2 aliphatic rings. The monoisotopic (exact) mass is 380 g/mol. The van der Waals surface area contributed by atoms with Gasteiger partial charge in [0.2, 0.25) is 17.7 Å². The summed E-state index contributed by atoms with van der Waals surface area (Å²) < 4.78 is 0. The highest BCUT2D eigenvalue weighted by Crippen LogP contribution is 2.35. The molecule has 3 amide bonds. The fourth-order valence-corrected chi connectivity index (χ4v) is 4.09. The minimum atomic E-state index is -0.425. The minimum Gasteiger partial charge on any atom is -0.326 e. The van der Waals surface area contributed by atoms with Gasteiger partial charge in [-0.25, -0.2) is 4.90 Å². The first-order valence-corrected chi connectivity index (χ1v) is 9.90. The van der Waals surface area contributed by atoms with Crippen molar-refractivity contribution >= 4 is 40.9 Å². The van der Waals surface area contributed by atoms with E-state index in [4.69, 9.17) is 0 Å². The largest absolute Gasteiger partial charge is 0.326 e. The van der Waals surface area contributed by atoms with Crippen LogP contribution in [-0.2, 0) is 14.4 Å². The van der Waals surface area contributed by atoms with E-state index in [1.165, 1.54) is 16.7 Å². The van der Waals surface area contributed by atoms with E-state index in [1.807, 2.05) is 43.3 Å². The SMILES string of the molecule is Cc1ccc(N2C(=O)CC(Sc3ccc(NC(=O)C4CC4)cc3)C2=O)cc1. The molecular formula is C21H20N2O3S. The highest BCUT2D eigenvalue weighted by Gasteiger charge is 2.40. The summed E-state index contributed by atoms with van der Waals surface area (Å²) >= 11 is 1.39. The molecule has 1 aliphatic heterocycles. The summed E-state index contributed by atoms with van der Waals surface area (Å²) in [7, 11) is 0. The van der Waals surface area contributed by atoms with Crippen molar-refractivity contribution in [1.82, 2.24) is 0 Å². The zero-order valence-electron chi connectivity index (χ0n) is 15.0.